The number of nitrogens with zero attached hydrogens (tertiary/aromatic N) is 5. The molecule has 4 rings (SSSR count). The zero-order valence-corrected chi connectivity index (χ0v) is 19.0. The molecule has 8 heteroatoms. The van der Waals surface area contributed by atoms with Gasteiger partial charge in [0.05, 0.1) is 29.1 Å². The molecular formula is C22H29N5O2S. The zero-order valence-electron chi connectivity index (χ0n) is 18.1. The van der Waals surface area contributed by atoms with Crippen molar-refractivity contribution in [2.75, 3.05) is 44.3 Å². The molecule has 3 aromatic rings. The summed E-state index contributed by atoms with van der Waals surface area (Å²) in [7, 11) is 0. The molecule has 0 spiro atoms. The first-order valence-electron chi connectivity index (χ1n) is 10.4. The highest BCUT2D eigenvalue weighted by Crippen LogP contribution is 2.32. The van der Waals surface area contributed by atoms with E-state index in [2.05, 4.69) is 36.0 Å². The van der Waals surface area contributed by atoms with Crippen molar-refractivity contribution in [3.05, 3.63) is 40.7 Å². The molecule has 1 saturated heterocycles. The van der Waals surface area contributed by atoms with Crippen LogP contribution < -0.4 is 4.90 Å². The molecule has 0 unspecified atom stereocenters. The first-order valence-corrected chi connectivity index (χ1v) is 11.2. The lowest BCUT2D eigenvalue weighted by Gasteiger charge is -2.29. The van der Waals surface area contributed by atoms with Gasteiger partial charge in [-0.3, -0.25) is 19.3 Å². The lowest BCUT2D eigenvalue weighted by atomic mass is 10.1. The number of rotatable bonds is 6. The number of benzene rings is 1. The summed E-state index contributed by atoms with van der Waals surface area (Å²) in [5.74, 6) is 0.0166. The van der Waals surface area contributed by atoms with Crippen molar-refractivity contribution in [1.29, 1.82) is 0 Å². The Bertz CT molecular complexity index is 1050. The Morgan fingerprint density at radius 2 is 1.97 bits per heavy atom. The summed E-state index contributed by atoms with van der Waals surface area (Å²) in [5.41, 5.74) is 5.29. The molecule has 3 heterocycles. The third kappa shape index (κ3) is 4.40. The number of aromatic nitrogens is 3. The molecule has 0 atom stereocenters. The average Bonchev–Trinajstić information content (AvgIpc) is 3.29. The topological polar surface area (TPSA) is 63.5 Å². The second kappa shape index (κ2) is 8.83. The van der Waals surface area contributed by atoms with E-state index in [4.69, 9.17) is 9.72 Å². The monoisotopic (exact) mass is 427 g/mol. The van der Waals surface area contributed by atoms with Crippen LogP contribution in [-0.4, -0.2) is 65.0 Å². The van der Waals surface area contributed by atoms with Crippen molar-refractivity contribution >= 4 is 32.6 Å². The van der Waals surface area contributed by atoms with E-state index in [0.717, 1.165) is 59.6 Å². The Labute approximate surface area is 181 Å². The normalized spacial score (nSPS) is 15.1. The van der Waals surface area contributed by atoms with Crippen LogP contribution in [0.1, 0.15) is 22.5 Å². The van der Waals surface area contributed by atoms with Gasteiger partial charge in [0.2, 0.25) is 0 Å². The molecular weight excluding hydrogens is 398 g/mol. The molecule has 1 fully saturated rings. The molecule has 1 aromatic carbocycles. The van der Waals surface area contributed by atoms with Crippen LogP contribution in [0.4, 0.5) is 5.13 Å². The highest BCUT2D eigenvalue weighted by molar-refractivity contribution is 7.22. The number of anilines is 1. The molecule has 30 heavy (non-hydrogen) atoms. The maximum atomic E-state index is 13.4. The number of morpholine rings is 1. The number of hydrogen-bond donors (Lipinski definition) is 0. The lowest BCUT2D eigenvalue weighted by Crippen LogP contribution is -2.44. The van der Waals surface area contributed by atoms with E-state index in [0.29, 0.717) is 6.54 Å². The van der Waals surface area contributed by atoms with Gasteiger partial charge in [0.1, 0.15) is 6.54 Å². The Balaban J connectivity index is 1.61. The number of thiazole rings is 1. The molecule has 160 valence electrons. The van der Waals surface area contributed by atoms with Crippen molar-refractivity contribution in [3.63, 3.8) is 0 Å². The second-order valence-corrected chi connectivity index (χ2v) is 8.94. The fraction of sp³-hybridized carbons (Fsp3) is 0.500. The van der Waals surface area contributed by atoms with Gasteiger partial charge >= 0.3 is 0 Å². The van der Waals surface area contributed by atoms with E-state index in [1.54, 1.807) is 16.0 Å². The highest BCUT2D eigenvalue weighted by Gasteiger charge is 2.23. The summed E-state index contributed by atoms with van der Waals surface area (Å²) in [6.07, 6.45) is 0. The Kier molecular flexibility index (Phi) is 6.17. The fourth-order valence-corrected chi connectivity index (χ4v) is 4.84. The fourth-order valence-electron chi connectivity index (χ4n) is 3.77. The lowest BCUT2D eigenvalue weighted by molar-refractivity contribution is -0.119. The maximum Gasteiger partial charge on any atom is 0.250 e. The number of ether oxygens (including phenoxy) is 1. The molecule has 2 aromatic heterocycles. The maximum absolute atomic E-state index is 13.4. The second-order valence-electron chi connectivity index (χ2n) is 7.93. The molecule has 1 amide bonds. The number of aryl methyl sites for hydroxylation is 4. The predicted octanol–water partition coefficient (Wildman–Crippen LogP) is 3.09. The van der Waals surface area contributed by atoms with Crippen molar-refractivity contribution < 1.29 is 9.53 Å². The summed E-state index contributed by atoms with van der Waals surface area (Å²) >= 11 is 1.58. The van der Waals surface area contributed by atoms with Gasteiger partial charge in [0.15, 0.2) is 5.13 Å². The van der Waals surface area contributed by atoms with Crippen molar-refractivity contribution in [2.45, 2.75) is 34.2 Å². The van der Waals surface area contributed by atoms with Gasteiger partial charge in [0.25, 0.3) is 5.91 Å². The predicted molar refractivity (Wildman–Crippen MR) is 120 cm³/mol. The third-order valence-corrected chi connectivity index (χ3v) is 6.78. The number of hydrogen-bond acceptors (Lipinski definition) is 6. The third-order valence-electron chi connectivity index (χ3n) is 5.74. The van der Waals surface area contributed by atoms with E-state index in [1.807, 2.05) is 24.8 Å². The number of fused-ring (bicyclic) bond motifs is 1. The van der Waals surface area contributed by atoms with Crippen molar-refractivity contribution in [3.8, 4) is 0 Å². The first-order chi connectivity index (χ1) is 14.4. The van der Waals surface area contributed by atoms with Crippen molar-refractivity contribution in [1.82, 2.24) is 19.7 Å². The molecule has 0 saturated carbocycles. The van der Waals surface area contributed by atoms with Crippen LogP contribution in [0, 0.1) is 27.7 Å². The van der Waals surface area contributed by atoms with Crippen LogP contribution >= 0.6 is 11.3 Å². The van der Waals surface area contributed by atoms with E-state index in [9.17, 15) is 4.79 Å². The summed E-state index contributed by atoms with van der Waals surface area (Å²) in [6.45, 7) is 13.0. The zero-order chi connectivity index (χ0) is 21.3. The van der Waals surface area contributed by atoms with Crippen LogP contribution in [0.5, 0.6) is 0 Å². The minimum atomic E-state index is 0.0166. The summed E-state index contributed by atoms with van der Waals surface area (Å²) in [5, 5.41) is 5.23. The van der Waals surface area contributed by atoms with Crippen LogP contribution in [0.3, 0.4) is 0 Å². The Morgan fingerprint density at radius 3 is 2.67 bits per heavy atom. The van der Waals surface area contributed by atoms with E-state index < -0.39 is 0 Å². The number of carbonyl (C=O) groups is 1. The minimum absolute atomic E-state index is 0.0166. The van der Waals surface area contributed by atoms with E-state index in [1.165, 1.54) is 11.1 Å². The Morgan fingerprint density at radius 1 is 1.20 bits per heavy atom. The van der Waals surface area contributed by atoms with Crippen LogP contribution in [0.15, 0.2) is 18.2 Å². The molecule has 1 aliphatic rings. The van der Waals surface area contributed by atoms with Crippen LogP contribution in [0.2, 0.25) is 0 Å². The van der Waals surface area contributed by atoms with Gasteiger partial charge in [-0.15, -0.1) is 0 Å². The van der Waals surface area contributed by atoms with Crippen LogP contribution in [0.25, 0.3) is 10.2 Å². The summed E-state index contributed by atoms with van der Waals surface area (Å²) in [6, 6.07) is 6.22. The number of carbonyl (C=O) groups excluding carboxylic acids is 1. The van der Waals surface area contributed by atoms with Crippen LogP contribution in [-0.2, 0) is 16.1 Å². The Hall–Kier alpha value is -2.29. The standard InChI is InChI=1S/C22H29N5O2S/c1-15-5-6-19-21(18(15)4)23-22(30-19)26(8-7-25-9-11-29-12-10-25)20(28)14-27-17(3)13-16(2)24-27/h5-6,13H,7-12,14H2,1-4H3. The largest absolute Gasteiger partial charge is 0.379 e. The molecule has 1 aliphatic heterocycles. The minimum Gasteiger partial charge on any atom is -0.379 e. The summed E-state index contributed by atoms with van der Waals surface area (Å²) < 4.78 is 8.35. The molecule has 0 bridgehead atoms. The van der Waals surface area contributed by atoms with Gasteiger partial charge in [-0.05, 0) is 51.0 Å². The molecule has 0 N–H and O–H groups in total. The molecule has 0 radical (unpaired) electrons. The highest BCUT2D eigenvalue weighted by atomic mass is 32.1. The molecule has 7 nitrogen and oxygen atoms in total. The first kappa shape index (κ1) is 21.0. The SMILES string of the molecule is Cc1cc(C)n(CC(=O)N(CCN2CCOCC2)c2nc3c(C)c(C)ccc3s2)n1. The van der Waals surface area contributed by atoms with Gasteiger partial charge in [-0.2, -0.15) is 5.10 Å². The number of amides is 1. The van der Waals surface area contributed by atoms with Gasteiger partial charge in [-0.1, -0.05) is 17.4 Å². The average molecular weight is 428 g/mol. The summed E-state index contributed by atoms with van der Waals surface area (Å²) in [4.78, 5) is 22.4. The van der Waals surface area contributed by atoms with Crippen molar-refractivity contribution in [2.24, 2.45) is 0 Å². The van der Waals surface area contributed by atoms with Gasteiger partial charge < -0.3 is 4.74 Å². The van der Waals surface area contributed by atoms with Gasteiger partial charge in [-0.25, -0.2) is 4.98 Å². The van der Waals surface area contributed by atoms with Gasteiger partial charge in [0, 0.05) is 31.9 Å². The van der Waals surface area contributed by atoms with E-state index >= 15 is 0 Å². The van der Waals surface area contributed by atoms with E-state index in [-0.39, 0.29) is 12.5 Å². The molecule has 0 aliphatic carbocycles. The smallest absolute Gasteiger partial charge is 0.250 e. The quantitative estimate of drug-likeness (QED) is 0.605.